The largest absolute Gasteiger partial charge is 0.497 e. The molecule has 0 saturated carbocycles. The molecule has 0 fully saturated rings. The number of para-hydroxylation sites is 1. The average Bonchev–Trinajstić information content (AvgIpc) is 2.83. The summed E-state index contributed by atoms with van der Waals surface area (Å²) in [6, 6.07) is 23.3. The van der Waals surface area contributed by atoms with Crippen LogP contribution < -0.4 is 9.47 Å². The first kappa shape index (κ1) is 21.4. The molecule has 1 aromatic heterocycles. The number of amides is 1. The van der Waals surface area contributed by atoms with E-state index in [1.807, 2.05) is 80.7 Å². The van der Waals surface area contributed by atoms with E-state index in [4.69, 9.17) is 14.5 Å². The number of hydrogen-bond donors (Lipinski definition) is 0. The molecule has 4 rings (SSSR count). The Hall–Kier alpha value is -3.86. The van der Waals surface area contributed by atoms with Crippen LogP contribution in [-0.2, 0) is 6.54 Å². The third kappa shape index (κ3) is 4.28. The summed E-state index contributed by atoms with van der Waals surface area (Å²) in [4.78, 5) is 20.1. The molecule has 1 heterocycles. The Morgan fingerprint density at radius 1 is 0.938 bits per heavy atom. The first-order valence-electron chi connectivity index (χ1n) is 10.4. The van der Waals surface area contributed by atoms with Gasteiger partial charge < -0.3 is 14.4 Å². The van der Waals surface area contributed by atoms with Crippen molar-refractivity contribution in [3.63, 3.8) is 0 Å². The predicted molar refractivity (Wildman–Crippen MR) is 127 cm³/mol. The number of carbonyl (C=O) groups excluding carboxylic acids is 1. The SMILES string of the molecule is COc1ccc(-c2cc(C(=O)N(C)Cc3cc(C)ccc3OC)c3ccccc3n2)cc1. The zero-order valence-corrected chi connectivity index (χ0v) is 18.8. The highest BCUT2D eigenvalue weighted by Gasteiger charge is 2.19. The van der Waals surface area contributed by atoms with Gasteiger partial charge in [-0.2, -0.15) is 0 Å². The van der Waals surface area contributed by atoms with E-state index in [9.17, 15) is 4.79 Å². The van der Waals surface area contributed by atoms with E-state index in [1.165, 1.54) is 0 Å². The Balaban J connectivity index is 1.73. The van der Waals surface area contributed by atoms with Gasteiger partial charge in [0.05, 0.1) is 31.0 Å². The first-order chi connectivity index (χ1) is 15.5. The van der Waals surface area contributed by atoms with E-state index in [1.54, 1.807) is 19.1 Å². The van der Waals surface area contributed by atoms with Crippen molar-refractivity contribution in [1.82, 2.24) is 9.88 Å². The van der Waals surface area contributed by atoms with Gasteiger partial charge >= 0.3 is 0 Å². The highest BCUT2D eigenvalue weighted by atomic mass is 16.5. The van der Waals surface area contributed by atoms with Crippen LogP contribution in [-0.4, -0.2) is 37.1 Å². The lowest BCUT2D eigenvalue weighted by Crippen LogP contribution is -2.26. The molecule has 0 spiro atoms. The Kier molecular flexibility index (Phi) is 6.08. The molecular weight excluding hydrogens is 400 g/mol. The number of ether oxygens (including phenoxy) is 2. The van der Waals surface area contributed by atoms with Crippen molar-refractivity contribution in [2.45, 2.75) is 13.5 Å². The summed E-state index contributed by atoms with van der Waals surface area (Å²) in [6.45, 7) is 2.47. The van der Waals surface area contributed by atoms with Gasteiger partial charge in [-0.15, -0.1) is 0 Å². The van der Waals surface area contributed by atoms with E-state index in [-0.39, 0.29) is 5.91 Å². The highest BCUT2D eigenvalue weighted by molar-refractivity contribution is 6.07. The zero-order valence-electron chi connectivity index (χ0n) is 18.8. The number of hydrogen-bond acceptors (Lipinski definition) is 4. The van der Waals surface area contributed by atoms with Crippen LogP contribution in [0.5, 0.6) is 11.5 Å². The maximum absolute atomic E-state index is 13.6. The standard InChI is InChI=1S/C27H26N2O3/c1-18-9-14-26(32-4)20(15-18)17-29(2)27(30)23-16-25(19-10-12-21(31-3)13-11-19)28-24-8-6-5-7-22(23)24/h5-16H,17H2,1-4H3. The Labute approximate surface area is 188 Å². The van der Waals surface area contributed by atoms with Crippen LogP contribution in [0.15, 0.2) is 72.8 Å². The lowest BCUT2D eigenvalue weighted by atomic mass is 10.0. The summed E-state index contributed by atoms with van der Waals surface area (Å²) in [7, 11) is 5.10. The molecule has 0 unspecified atom stereocenters. The Bertz CT molecular complexity index is 1270. The molecule has 0 bridgehead atoms. The van der Waals surface area contributed by atoms with Crippen molar-refractivity contribution in [2.75, 3.05) is 21.3 Å². The minimum absolute atomic E-state index is 0.0677. The molecule has 0 aliphatic rings. The molecule has 0 saturated heterocycles. The van der Waals surface area contributed by atoms with Gasteiger partial charge in [-0.3, -0.25) is 4.79 Å². The number of fused-ring (bicyclic) bond motifs is 1. The van der Waals surface area contributed by atoms with E-state index in [0.29, 0.717) is 12.1 Å². The van der Waals surface area contributed by atoms with Gasteiger partial charge in [0, 0.05) is 30.1 Å². The fourth-order valence-corrected chi connectivity index (χ4v) is 3.83. The van der Waals surface area contributed by atoms with Crippen LogP contribution in [0.25, 0.3) is 22.2 Å². The van der Waals surface area contributed by atoms with Gasteiger partial charge in [-0.25, -0.2) is 4.98 Å². The van der Waals surface area contributed by atoms with Crippen molar-refractivity contribution >= 4 is 16.8 Å². The molecule has 0 radical (unpaired) electrons. The van der Waals surface area contributed by atoms with Crippen LogP contribution in [0.4, 0.5) is 0 Å². The van der Waals surface area contributed by atoms with E-state index in [2.05, 4.69) is 6.07 Å². The summed E-state index contributed by atoms with van der Waals surface area (Å²) in [5.74, 6) is 1.48. The molecule has 0 atom stereocenters. The second-order valence-corrected chi connectivity index (χ2v) is 7.78. The minimum Gasteiger partial charge on any atom is -0.497 e. The molecular formula is C27H26N2O3. The van der Waals surface area contributed by atoms with Gasteiger partial charge in [0.2, 0.25) is 0 Å². The summed E-state index contributed by atoms with van der Waals surface area (Å²) in [6.07, 6.45) is 0. The quantitative estimate of drug-likeness (QED) is 0.409. The van der Waals surface area contributed by atoms with Crippen LogP contribution in [0.3, 0.4) is 0 Å². The lowest BCUT2D eigenvalue weighted by molar-refractivity contribution is 0.0786. The smallest absolute Gasteiger partial charge is 0.254 e. The molecule has 0 aliphatic heterocycles. The first-order valence-corrected chi connectivity index (χ1v) is 10.4. The van der Waals surface area contributed by atoms with Crippen molar-refractivity contribution in [1.29, 1.82) is 0 Å². The zero-order chi connectivity index (χ0) is 22.7. The summed E-state index contributed by atoms with van der Waals surface area (Å²) >= 11 is 0. The molecule has 1 amide bonds. The third-order valence-electron chi connectivity index (χ3n) is 5.52. The second kappa shape index (κ2) is 9.10. The topological polar surface area (TPSA) is 51.7 Å². The lowest BCUT2D eigenvalue weighted by Gasteiger charge is -2.20. The summed E-state index contributed by atoms with van der Waals surface area (Å²) in [5.41, 5.74) is 5.17. The van der Waals surface area contributed by atoms with Gasteiger partial charge in [0.15, 0.2) is 0 Å². The summed E-state index contributed by atoms with van der Waals surface area (Å²) in [5, 5.41) is 0.831. The van der Waals surface area contributed by atoms with Crippen molar-refractivity contribution in [3.8, 4) is 22.8 Å². The van der Waals surface area contributed by atoms with E-state index < -0.39 is 0 Å². The number of pyridine rings is 1. The van der Waals surface area contributed by atoms with Gasteiger partial charge in [0.25, 0.3) is 5.91 Å². The number of aromatic nitrogens is 1. The molecule has 32 heavy (non-hydrogen) atoms. The second-order valence-electron chi connectivity index (χ2n) is 7.78. The molecule has 3 aromatic carbocycles. The van der Waals surface area contributed by atoms with Gasteiger partial charge in [-0.05, 0) is 49.4 Å². The third-order valence-corrected chi connectivity index (χ3v) is 5.52. The molecule has 162 valence electrons. The maximum Gasteiger partial charge on any atom is 0.254 e. The molecule has 5 nitrogen and oxygen atoms in total. The Morgan fingerprint density at radius 3 is 2.41 bits per heavy atom. The van der Waals surface area contributed by atoms with Crippen molar-refractivity contribution in [3.05, 3.63) is 89.5 Å². The van der Waals surface area contributed by atoms with Crippen LogP contribution in [0, 0.1) is 6.92 Å². The van der Waals surface area contributed by atoms with Gasteiger partial charge in [0.1, 0.15) is 11.5 Å². The Morgan fingerprint density at radius 2 is 1.69 bits per heavy atom. The van der Waals surface area contributed by atoms with Crippen LogP contribution >= 0.6 is 0 Å². The fourth-order valence-electron chi connectivity index (χ4n) is 3.83. The number of benzene rings is 3. The van der Waals surface area contributed by atoms with Crippen LogP contribution in [0.2, 0.25) is 0 Å². The monoisotopic (exact) mass is 426 g/mol. The number of methoxy groups -OCH3 is 2. The van der Waals surface area contributed by atoms with Gasteiger partial charge in [-0.1, -0.05) is 35.9 Å². The van der Waals surface area contributed by atoms with Crippen molar-refractivity contribution in [2.24, 2.45) is 0 Å². The number of rotatable bonds is 6. The minimum atomic E-state index is -0.0677. The molecule has 5 heteroatoms. The number of nitrogens with zero attached hydrogens (tertiary/aromatic N) is 2. The highest BCUT2D eigenvalue weighted by Crippen LogP contribution is 2.28. The molecule has 0 aliphatic carbocycles. The predicted octanol–water partition coefficient (Wildman–Crippen LogP) is 5.50. The number of aryl methyl sites for hydroxylation is 1. The van der Waals surface area contributed by atoms with Crippen LogP contribution in [0.1, 0.15) is 21.5 Å². The maximum atomic E-state index is 13.6. The molecule has 0 N–H and O–H groups in total. The normalized spacial score (nSPS) is 10.8. The summed E-state index contributed by atoms with van der Waals surface area (Å²) < 4.78 is 10.8. The average molecular weight is 427 g/mol. The van der Waals surface area contributed by atoms with E-state index in [0.717, 1.165) is 44.8 Å². The number of carbonyl (C=O) groups is 1. The van der Waals surface area contributed by atoms with E-state index >= 15 is 0 Å². The molecule has 4 aromatic rings. The fraction of sp³-hybridized carbons (Fsp3) is 0.185. The van der Waals surface area contributed by atoms with Crippen molar-refractivity contribution < 1.29 is 14.3 Å².